The predicted octanol–water partition coefficient (Wildman–Crippen LogP) is 12.9. The molecule has 0 bridgehead atoms. The van der Waals surface area contributed by atoms with E-state index in [-0.39, 0.29) is 41.5 Å². The molecule has 4 heterocycles. The fourth-order valence-electron chi connectivity index (χ4n) is 6.10. The number of pyridine rings is 2. The van der Waals surface area contributed by atoms with Crippen molar-refractivity contribution in [2.75, 3.05) is 11.8 Å². The number of nitrogens with zero attached hydrogens (tertiary/aromatic N) is 4. The van der Waals surface area contributed by atoms with Gasteiger partial charge in [0, 0.05) is 46.0 Å². The van der Waals surface area contributed by atoms with E-state index in [2.05, 4.69) is 115 Å². The Kier molecular flexibility index (Phi) is 19.0. The molecule has 11 heteroatoms. The number of aromatic amines is 2. The summed E-state index contributed by atoms with van der Waals surface area (Å²) in [6.07, 6.45) is 9.86. The average Bonchev–Trinajstić information content (AvgIpc) is 3.89. The Bertz CT molecular complexity index is 2460. The molecule has 0 saturated heterocycles. The van der Waals surface area contributed by atoms with E-state index in [4.69, 9.17) is 32.7 Å². The van der Waals surface area contributed by atoms with Crippen molar-refractivity contribution in [2.45, 2.75) is 52.7 Å². The Balaban J connectivity index is 0.000000286. The van der Waals surface area contributed by atoms with Crippen LogP contribution in [-0.2, 0) is 33.3 Å². The van der Waals surface area contributed by atoms with Crippen LogP contribution in [-0.4, -0.2) is 53.9 Å². The largest absolute Gasteiger partial charge is 0.490 e. The van der Waals surface area contributed by atoms with E-state index in [1.54, 1.807) is 12.4 Å². The van der Waals surface area contributed by atoms with Gasteiger partial charge < -0.3 is 26.9 Å². The van der Waals surface area contributed by atoms with E-state index in [9.17, 15) is 0 Å². The van der Waals surface area contributed by atoms with Gasteiger partial charge in [0.2, 0.25) is 0 Å². The Labute approximate surface area is 379 Å². The Morgan fingerprint density at radius 1 is 0.567 bits per heavy atom. The summed E-state index contributed by atoms with van der Waals surface area (Å²) < 4.78 is 12.0. The summed E-state index contributed by atoms with van der Waals surface area (Å²) in [5.41, 5.74) is 10.0. The third-order valence-electron chi connectivity index (χ3n) is 8.68. The summed E-state index contributed by atoms with van der Waals surface area (Å²) >= 11 is 10.1. The second kappa shape index (κ2) is 24.1. The smallest absolute Gasteiger partial charge is 0.178 e. The van der Waals surface area contributed by atoms with Gasteiger partial charge in [-0.05, 0) is 111 Å². The first-order chi connectivity index (χ1) is 28.3. The SMILES string of the molecule is CC(C)Oc1ccc(/C=C/c2ccccc2)cc1-c1nc2ncccc2[nH]1.CC(C)Oc1ccc(CCc2ccccc2)cc1-c1nc2ncccc2[nH]1.ClCCCl.[CH3-].[HH].[Pd]. The normalized spacial score (nSPS) is 10.7. The number of nitrogens with one attached hydrogen (secondary N) is 2. The third kappa shape index (κ3) is 13.6. The fraction of sp³-hybridized carbons (Fsp3) is 0.204. The molecular weight excluding hydrogens is 882 g/mol. The van der Waals surface area contributed by atoms with Crippen molar-refractivity contribution in [1.82, 2.24) is 29.9 Å². The minimum absolute atomic E-state index is 0. The molecule has 0 amide bonds. The zero-order valence-corrected chi connectivity index (χ0v) is 37.6. The topological polar surface area (TPSA) is 102 Å². The first-order valence-electron chi connectivity index (χ1n) is 19.4. The predicted molar refractivity (Wildman–Crippen MR) is 249 cm³/mol. The number of alkyl halides is 2. The van der Waals surface area contributed by atoms with Crippen molar-refractivity contribution in [1.29, 1.82) is 0 Å². The summed E-state index contributed by atoms with van der Waals surface area (Å²) in [5.74, 6) is 4.31. The molecule has 8 nitrogen and oxygen atoms in total. The molecule has 4 aromatic heterocycles. The number of ether oxygens (including phenoxy) is 2. The molecule has 60 heavy (non-hydrogen) atoms. The number of imidazole rings is 2. The van der Waals surface area contributed by atoms with Crippen LogP contribution >= 0.6 is 23.2 Å². The first kappa shape index (κ1) is 47.4. The van der Waals surface area contributed by atoms with Gasteiger partial charge in [0.05, 0.1) is 34.4 Å². The number of hydrogen-bond acceptors (Lipinski definition) is 6. The van der Waals surface area contributed by atoms with E-state index >= 15 is 0 Å². The van der Waals surface area contributed by atoms with Gasteiger partial charge in [-0.25, -0.2) is 19.9 Å². The third-order valence-corrected chi connectivity index (χ3v) is 9.25. The number of aromatic nitrogens is 6. The molecule has 8 rings (SSSR count). The van der Waals surface area contributed by atoms with Gasteiger partial charge in [0.25, 0.3) is 0 Å². The van der Waals surface area contributed by atoms with Gasteiger partial charge in [0.1, 0.15) is 23.1 Å². The molecule has 316 valence electrons. The number of rotatable bonds is 12. The zero-order valence-electron chi connectivity index (χ0n) is 34.5. The molecule has 0 spiro atoms. The molecular formula is C49H53Cl2N6O2Pd-. The quantitative estimate of drug-likeness (QED) is 0.0548. The number of aryl methyl sites for hydroxylation is 2. The van der Waals surface area contributed by atoms with Gasteiger partial charge >= 0.3 is 0 Å². The molecule has 0 aliphatic carbocycles. The molecule has 0 unspecified atom stereocenters. The second-order valence-corrected chi connectivity index (χ2v) is 14.7. The van der Waals surface area contributed by atoms with Crippen molar-refractivity contribution >= 4 is 57.7 Å². The Hall–Kier alpha value is -5.30. The summed E-state index contributed by atoms with van der Waals surface area (Å²) in [6, 6.07) is 41.1. The van der Waals surface area contributed by atoms with Crippen LogP contribution in [0, 0.1) is 7.43 Å². The van der Waals surface area contributed by atoms with Crippen LogP contribution < -0.4 is 9.47 Å². The number of benzene rings is 4. The standard InChI is InChI=1S/C23H23N3O.C23H21N3O.C2H4Cl2.CH3.Pd.H2/c2*1-16(2)27-21-13-12-18(11-10-17-7-4-3-5-8-17)15-19(21)22-25-20-9-6-14-24-23(20)26-22;3-1-2-4;;;/h3-9,12-16H,10-11H2,1-2H3,(H,24,25,26);3-16H,1-2H3,(H,24,25,26);1-2H2;1H3;;1H/q;;;-1;;/b;11-10+;;;;. The van der Waals surface area contributed by atoms with E-state index in [0.29, 0.717) is 17.4 Å². The van der Waals surface area contributed by atoms with E-state index < -0.39 is 0 Å². The monoisotopic (exact) mass is 933 g/mol. The van der Waals surface area contributed by atoms with Crippen molar-refractivity contribution in [3.05, 3.63) is 163 Å². The molecule has 0 aliphatic rings. The molecule has 0 radical (unpaired) electrons. The van der Waals surface area contributed by atoms with Crippen LogP contribution in [0.25, 0.3) is 57.3 Å². The molecule has 4 aromatic carbocycles. The maximum atomic E-state index is 6.03. The second-order valence-electron chi connectivity index (χ2n) is 13.9. The number of fused-ring (bicyclic) bond motifs is 2. The van der Waals surface area contributed by atoms with E-state index in [1.807, 2.05) is 76.2 Å². The van der Waals surface area contributed by atoms with E-state index in [1.165, 1.54) is 11.1 Å². The van der Waals surface area contributed by atoms with E-state index in [0.717, 1.165) is 74.9 Å². The Morgan fingerprint density at radius 3 is 1.57 bits per heavy atom. The van der Waals surface area contributed by atoms with Gasteiger partial charge in [-0.15, -0.1) is 23.2 Å². The van der Waals surface area contributed by atoms with Crippen molar-refractivity contribution < 1.29 is 31.3 Å². The average molecular weight is 935 g/mol. The number of halogens is 2. The molecule has 0 aliphatic heterocycles. The van der Waals surface area contributed by atoms with Crippen molar-refractivity contribution in [2.24, 2.45) is 0 Å². The first-order valence-corrected chi connectivity index (χ1v) is 20.5. The summed E-state index contributed by atoms with van der Waals surface area (Å²) in [7, 11) is 0. The van der Waals surface area contributed by atoms with Gasteiger partial charge in [-0.1, -0.05) is 84.9 Å². The molecule has 8 aromatic rings. The molecule has 2 N–H and O–H groups in total. The zero-order chi connectivity index (χ0) is 40.7. The van der Waals surface area contributed by atoms with Crippen molar-refractivity contribution in [3.8, 4) is 34.3 Å². The van der Waals surface area contributed by atoms with Crippen molar-refractivity contribution in [3.63, 3.8) is 0 Å². The molecule has 0 fully saturated rings. The maximum Gasteiger partial charge on any atom is 0.178 e. The van der Waals surface area contributed by atoms with Crippen LogP contribution in [0.4, 0.5) is 0 Å². The maximum absolute atomic E-state index is 6.03. The van der Waals surface area contributed by atoms with Crippen LogP contribution in [0.2, 0.25) is 0 Å². The number of hydrogen-bond donors (Lipinski definition) is 2. The minimum Gasteiger partial charge on any atom is -0.490 e. The van der Waals surface area contributed by atoms with Gasteiger partial charge in [-0.3, -0.25) is 0 Å². The Morgan fingerprint density at radius 2 is 1.05 bits per heavy atom. The molecule has 0 saturated carbocycles. The van der Waals surface area contributed by atoms with Gasteiger partial charge in [-0.2, -0.15) is 0 Å². The number of H-pyrrole nitrogens is 2. The summed E-state index contributed by atoms with van der Waals surface area (Å²) in [5, 5.41) is 0. The minimum atomic E-state index is 0. The van der Waals surface area contributed by atoms with Crippen LogP contribution in [0.15, 0.2) is 134 Å². The van der Waals surface area contributed by atoms with Crippen LogP contribution in [0.5, 0.6) is 11.5 Å². The molecule has 0 atom stereocenters. The summed E-state index contributed by atoms with van der Waals surface area (Å²) in [4.78, 5) is 24.7. The van der Waals surface area contributed by atoms with Crippen LogP contribution in [0.3, 0.4) is 0 Å². The fourth-order valence-corrected chi connectivity index (χ4v) is 6.10. The van der Waals surface area contributed by atoms with Gasteiger partial charge in [0.15, 0.2) is 11.3 Å². The summed E-state index contributed by atoms with van der Waals surface area (Å²) in [6.45, 7) is 8.11. The van der Waals surface area contributed by atoms with Crippen LogP contribution in [0.1, 0.15) is 51.4 Å².